The number of hydrogen-bond donors (Lipinski definition) is 1. The first-order chi connectivity index (χ1) is 8.61. The van der Waals surface area contributed by atoms with Crippen LogP contribution in [0.5, 0.6) is 0 Å². The van der Waals surface area contributed by atoms with Gasteiger partial charge in [0.15, 0.2) is 0 Å². The molecule has 0 aliphatic rings. The van der Waals surface area contributed by atoms with Crippen molar-refractivity contribution in [2.45, 2.75) is 20.3 Å². The Labute approximate surface area is 120 Å². The molecule has 0 spiro atoms. The molecule has 0 atom stereocenters. The summed E-state index contributed by atoms with van der Waals surface area (Å²) >= 11 is 9.45. The molecule has 0 aliphatic heterocycles. The molecule has 0 fully saturated rings. The van der Waals surface area contributed by atoms with Crippen LogP contribution in [0.25, 0.3) is 5.69 Å². The molecule has 0 bridgehead atoms. The Bertz CT molecular complexity index is 551. The maximum Gasteiger partial charge on any atom is 0.207 e. The van der Waals surface area contributed by atoms with E-state index in [-0.39, 0.29) is 0 Å². The predicted molar refractivity (Wildman–Crippen MR) is 79.8 cm³/mol. The molecule has 0 saturated carbocycles. The molecule has 1 heterocycles. The Morgan fingerprint density at radius 3 is 2.89 bits per heavy atom. The van der Waals surface area contributed by atoms with Gasteiger partial charge in [-0.05, 0) is 47.5 Å². The van der Waals surface area contributed by atoms with Crippen molar-refractivity contribution in [1.29, 1.82) is 0 Å². The van der Waals surface area contributed by atoms with Gasteiger partial charge in [0.05, 0.1) is 10.7 Å². The third-order valence-corrected chi connectivity index (χ3v) is 3.75. The molecule has 0 amide bonds. The average molecular weight is 329 g/mol. The maximum atomic E-state index is 6.01. The van der Waals surface area contributed by atoms with E-state index in [4.69, 9.17) is 11.6 Å². The summed E-state index contributed by atoms with van der Waals surface area (Å²) in [6, 6.07) is 5.84. The first-order valence-electron chi connectivity index (χ1n) is 5.87. The second-order valence-corrected chi connectivity index (χ2v) is 5.36. The fourth-order valence-electron chi connectivity index (χ4n) is 1.69. The van der Waals surface area contributed by atoms with Crippen molar-refractivity contribution in [3.05, 3.63) is 39.6 Å². The third kappa shape index (κ3) is 2.87. The Kier molecular flexibility index (Phi) is 4.30. The first kappa shape index (κ1) is 13.4. The van der Waals surface area contributed by atoms with Crippen LogP contribution in [0.4, 0.5) is 5.95 Å². The zero-order valence-corrected chi connectivity index (χ0v) is 12.7. The molecule has 1 aromatic heterocycles. The highest BCUT2D eigenvalue weighted by Gasteiger charge is 2.08. The lowest BCUT2D eigenvalue weighted by atomic mass is 10.3. The van der Waals surface area contributed by atoms with Gasteiger partial charge in [-0.2, -0.15) is 0 Å². The van der Waals surface area contributed by atoms with E-state index in [0.29, 0.717) is 5.02 Å². The van der Waals surface area contributed by atoms with Crippen LogP contribution in [0.1, 0.15) is 19.0 Å². The van der Waals surface area contributed by atoms with Gasteiger partial charge in [0.25, 0.3) is 0 Å². The van der Waals surface area contributed by atoms with Crippen molar-refractivity contribution in [1.82, 2.24) is 9.55 Å². The summed E-state index contributed by atoms with van der Waals surface area (Å²) in [4.78, 5) is 4.48. The summed E-state index contributed by atoms with van der Waals surface area (Å²) < 4.78 is 2.92. The molecule has 0 saturated heterocycles. The van der Waals surface area contributed by atoms with E-state index in [9.17, 15) is 0 Å². The number of nitrogens with zero attached hydrogens (tertiary/aromatic N) is 2. The van der Waals surface area contributed by atoms with Crippen LogP contribution in [0.2, 0.25) is 5.02 Å². The van der Waals surface area contributed by atoms with Crippen LogP contribution >= 0.6 is 27.5 Å². The summed E-state index contributed by atoms with van der Waals surface area (Å²) in [6.45, 7) is 5.02. The Hall–Kier alpha value is -1.000. The molecule has 0 unspecified atom stereocenters. The number of halogens is 2. The number of hydrogen-bond acceptors (Lipinski definition) is 2. The molecule has 96 valence electrons. The Morgan fingerprint density at radius 1 is 1.44 bits per heavy atom. The zero-order valence-electron chi connectivity index (χ0n) is 10.4. The topological polar surface area (TPSA) is 29.9 Å². The van der Waals surface area contributed by atoms with Gasteiger partial charge in [0.1, 0.15) is 0 Å². The van der Waals surface area contributed by atoms with Crippen LogP contribution in [0.15, 0.2) is 28.9 Å². The molecule has 5 heteroatoms. The number of nitrogens with one attached hydrogen (secondary N) is 1. The van der Waals surface area contributed by atoms with Gasteiger partial charge in [-0.25, -0.2) is 4.98 Å². The minimum absolute atomic E-state index is 0.707. The number of aromatic nitrogens is 2. The van der Waals surface area contributed by atoms with Gasteiger partial charge in [-0.15, -0.1) is 0 Å². The minimum Gasteiger partial charge on any atom is -0.355 e. The molecular formula is C13H15BrClN3. The lowest BCUT2D eigenvalue weighted by molar-refractivity contribution is 0.936. The summed E-state index contributed by atoms with van der Waals surface area (Å²) in [6.07, 6.45) is 3.07. The van der Waals surface area contributed by atoms with Gasteiger partial charge in [-0.3, -0.25) is 4.57 Å². The number of rotatable bonds is 4. The van der Waals surface area contributed by atoms with Crippen LogP contribution in [-0.2, 0) is 0 Å². The Morgan fingerprint density at radius 2 is 2.22 bits per heavy atom. The van der Waals surface area contributed by atoms with Gasteiger partial charge >= 0.3 is 0 Å². The van der Waals surface area contributed by atoms with Gasteiger partial charge in [0, 0.05) is 22.9 Å². The second kappa shape index (κ2) is 5.76. The average Bonchev–Trinajstić information content (AvgIpc) is 2.71. The van der Waals surface area contributed by atoms with E-state index in [2.05, 4.69) is 33.2 Å². The van der Waals surface area contributed by atoms with Gasteiger partial charge < -0.3 is 5.32 Å². The first-order valence-corrected chi connectivity index (χ1v) is 7.04. The molecule has 0 aliphatic carbocycles. The fraction of sp³-hybridized carbons (Fsp3) is 0.308. The molecule has 0 radical (unpaired) electrons. The third-order valence-electron chi connectivity index (χ3n) is 2.54. The largest absolute Gasteiger partial charge is 0.355 e. The monoisotopic (exact) mass is 327 g/mol. The maximum absolute atomic E-state index is 6.01. The predicted octanol–water partition coefficient (Wildman–Crippen LogP) is 4.42. The lowest BCUT2D eigenvalue weighted by Crippen LogP contribution is -2.06. The van der Waals surface area contributed by atoms with Crippen molar-refractivity contribution < 1.29 is 0 Å². The zero-order chi connectivity index (χ0) is 13.1. The molecule has 1 aromatic carbocycles. The molecule has 18 heavy (non-hydrogen) atoms. The summed E-state index contributed by atoms with van der Waals surface area (Å²) in [5.41, 5.74) is 2.02. The van der Waals surface area contributed by atoms with E-state index in [1.807, 2.05) is 35.9 Å². The molecule has 2 aromatic rings. The highest BCUT2D eigenvalue weighted by atomic mass is 79.9. The van der Waals surface area contributed by atoms with E-state index in [1.165, 1.54) is 0 Å². The van der Waals surface area contributed by atoms with E-state index in [0.717, 1.165) is 34.8 Å². The van der Waals surface area contributed by atoms with Crippen LogP contribution in [-0.4, -0.2) is 16.1 Å². The van der Waals surface area contributed by atoms with Crippen LogP contribution < -0.4 is 5.32 Å². The van der Waals surface area contributed by atoms with Crippen molar-refractivity contribution in [2.24, 2.45) is 0 Å². The normalized spacial score (nSPS) is 10.7. The van der Waals surface area contributed by atoms with Crippen molar-refractivity contribution in [2.75, 3.05) is 11.9 Å². The molecule has 1 N–H and O–H groups in total. The second-order valence-electron chi connectivity index (χ2n) is 4.10. The number of aryl methyl sites for hydroxylation is 1. The molecular weight excluding hydrogens is 314 g/mol. The van der Waals surface area contributed by atoms with Crippen molar-refractivity contribution in [3.8, 4) is 5.69 Å². The van der Waals surface area contributed by atoms with E-state index < -0.39 is 0 Å². The molecule has 2 rings (SSSR count). The van der Waals surface area contributed by atoms with Crippen molar-refractivity contribution >= 4 is 33.5 Å². The number of imidazole rings is 1. The molecule has 3 nitrogen and oxygen atoms in total. The van der Waals surface area contributed by atoms with Crippen LogP contribution in [0, 0.1) is 6.92 Å². The highest BCUT2D eigenvalue weighted by molar-refractivity contribution is 9.10. The van der Waals surface area contributed by atoms with E-state index >= 15 is 0 Å². The quantitative estimate of drug-likeness (QED) is 0.900. The lowest BCUT2D eigenvalue weighted by Gasteiger charge is -2.09. The SMILES string of the molecule is CCCNc1nc(C)cn1-c1ccc(Cl)c(Br)c1. The van der Waals surface area contributed by atoms with Crippen LogP contribution in [0.3, 0.4) is 0 Å². The van der Waals surface area contributed by atoms with E-state index in [1.54, 1.807) is 0 Å². The van der Waals surface area contributed by atoms with Gasteiger partial charge in [0.2, 0.25) is 5.95 Å². The standard InChI is InChI=1S/C13H15BrClN3/c1-3-6-16-13-17-9(2)8-18(13)10-4-5-12(15)11(14)7-10/h4-5,7-8H,3,6H2,1-2H3,(H,16,17). The summed E-state index contributed by atoms with van der Waals surface area (Å²) in [5, 5.41) is 4.03. The van der Waals surface area contributed by atoms with Crippen molar-refractivity contribution in [3.63, 3.8) is 0 Å². The summed E-state index contributed by atoms with van der Waals surface area (Å²) in [7, 11) is 0. The smallest absolute Gasteiger partial charge is 0.207 e. The highest BCUT2D eigenvalue weighted by Crippen LogP contribution is 2.26. The fourth-order valence-corrected chi connectivity index (χ4v) is 2.18. The number of benzene rings is 1. The summed E-state index contributed by atoms with van der Waals surface area (Å²) in [5.74, 6) is 0.864. The minimum atomic E-state index is 0.707. The number of anilines is 1. The Balaban J connectivity index is 2.39. The van der Waals surface area contributed by atoms with Gasteiger partial charge in [-0.1, -0.05) is 18.5 Å².